The van der Waals surface area contributed by atoms with Gasteiger partial charge in [0.1, 0.15) is 16.4 Å². The molecule has 0 spiro atoms. The molecule has 33 heavy (non-hydrogen) atoms. The van der Waals surface area contributed by atoms with E-state index >= 15 is 0 Å². The minimum absolute atomic E-state index is 0.135. The standard InChI is InChI=1S/C24H25FN2O4S2/c1-4-31-23(29)22-16(2)26-24(33-22)27(15-17-5-7-18(25)8-6-17)21(28)13-14-32-20-11-9-19(30-3)10-12-20/h5-12H,4,13-15H2,1-3H3. The summed E-state index contributed by atoms with van der Waals surface area (Å²) in [5, 5.41) is 0.416. The van der Waals surface area contributed by atoms with Crippen LogP contribution in [0.5, 0.6) is 5.75 Å². The topological polar surface area (TPSA) is 68.7 Å². The van der Waals surface area contributed by atoms with Crippen LogP contribution in [0, 0.1) is 12.7 Å². The highest BCUT2D eigenvalue weighted by atomic mass is 32.2. The summed E-state index contributed by atoms with van der Waals surface area (Å²) >= 11 is 2.69. The molecule has 9 heteroatoms. The maximum absolute atomic E-state index is 13.3. The van der Waals surface area contributed by atoms with E-state index in [0.717, 1.165) is 27.5 Å². The number of anilines is 1. The van der Waals surface area contributed by atoms with Gasteiger partial charge in [-0.15, -0.1) is 11.8 Å². The molecule has 0 atom stereocenters. The van der Waals surface area contributed by atoms with Gasteiger partial charge in [0.05, 0.1) is 26.0 Å². The largest absolute Gasteiger partial charge is 0.497 e. The van der Waals surface area contributed by atoms with Crippen molar-refractivity contribution in [3.63, 3.8) is 0 Å². The molecular formula is C24H25FN2O4S2. The zero-order chi connectivity index (χ0) is 23.8. The lowest BCUT2D eigenvalue weighted by atomic mass is 10.2. The number of thiazole rings is 1. The summed E-state index contributed by atoms with van der Waals surface area (Å²) in [5.41, 5.74) is 1.27. The van der Waals surface area contributed by atoms with E-state index in [9.17, 15) is 14.0 Å². The van der Waals surface area contributed by atoms with Gasteiger partial charge in [-0.1, -0.05) is 23.5 Å². The van der Waals surface area contributed by atoms with Crippen molar-refractivity contribution in [3.8, 4) is 5.75 Å². The van der Waals surface area contributed by atoms with Crippen molar-refractivity contribution in [2.45, 2.75) is 31.7 Å². The minimum Gasteiger partial charge on any atom is -0.497 e. The fraction of sp³-hybridized carbons (Fsp3) is 0.292. The summed E-state index contributed by atoms with van der Waals surface area (Å²) in [6.07, 6.45) is 0.269. The Hall–Kier alpha value is -2.91. The third-order valence-electron chi connectivity index (χ3n) is 4.68. The molecule has 0 aliphatic carbocycles. The SMILES string of the molecule is CCOC(=O)c1sc(N(Cc2ccc(F)cc2)C(=O)CCSc2ccc(OC)cc2)nc1C. The van der Waals surface area contributed by atoms with Gasteiger partial charge in [0.25, 0.3) is 0 Å². The van der Waals surface area contributed by atoms with Crippen molar-refractivity contribution in [1.82, 2.24) is 4.98 Å². The number of ether oxygens (including phenoxy) is 2. The second kappa shape index (κ2) is 11.8. The maximum Gasteiger partial charge on any atom is 0.350 e. The molecule has 0 fully saturated rings. The van der Waals surface area contributed by atoms with Gasteiger partial charge < -0.3 is 9.47 Å². The number of aryl methyl sites for hydroxylation is 1. The molecule has 0 saturated heterocycles. The van der Waals surface area contributed by atoms with E-state index in [1.54, 1.807) is 49.8 Å². The average molecular weight is 489 g/mol. The second-order valence-electron chi connectivity index (χ2n) is 7.01. The molecule has 1 amide bonds. The highest BCUT2D eigenvalue weighted by Crippen LogP contribution is 2.29. The number of hydrogen-bond donors (Lipinski definition) is 0. The number of benzene rings is 2. The average Bonchev–Trinajstić information content (AvgIpc) is 3.20. The van der Waals surface area contributed by atoms with Crippen molar-refractivity contribution in [2.24, 2.45) is 0 Å². The summed E-state index contributed by atoms with van der Waals surface area (Å²) in [4.78, 5) is 32.8. The smallest absolute Gasteiger partial charge is 0.350 e. The number of aromatic nitrogens is 1. The Morgan fingerprint density at radius 3 is 2.45 bits per heavy atom. The lowest BCUT2D eigenvalue weighted by molar-refractivity contribution is -0.118. The molecular weight excluding hydrogens is 463 g/mol. The molecule has 0 radical (unpaired) electrons. The molecule has 2 aromatic carbocycles. The molecule has 6 nitrogen and oxygen atoms in total. The first-order valence-electron chi connectivity index (χ1n) is 10.4. The lowest BCUT2D eigenvalue weighted by Crippen LogP contribution is -2.30. The summed E-state index contributed by atoms with van der Waals surface area (Å²) < 4.78 is 23.6. The van der Waals surface area contributed by atoms with Gasteiger partial charge in [-0.3, -0.25) is 9.69 Å². The van der Waals surface area contributed by atoms with E-state index in [1.165, 1.54) is 12.1 Å². The third-order valence-corrected chi connectivity index (χ3v) is 6.85. The fourth-order valence-electron chi connectivity index (χ4n) is 2.98. The quantitative estimate of drug-likeness (QED) is 0.278. The Balaban J connectivity index is 1.75. The van der Waals surface area contributed by atoms with Crippen LogP contribution in [-0.2, 0) is 16.1 Å². The van der Waals surface area contributed by atoms with Crippen LogP contribution in [0.2, 0.25) is 0 Å². The van der Waals surface area contributed by atoms with Gasteiger partial charge in [0.15, 0.2) is 5.13 Å². The van der Waals surface area contributed by atoms with Crippen LogP contribution in [0.3, 0.4) is 0 Å². The van der Waals surface area contributed by atoms with E-state index < -0.39 is 5.97 Å². The number of thioether (sulfide) groups is 1. The molecule has 0 aliphatic rings. The van der Waals surface area contributed by atoms with Gasteiger partial charge in [-0.2, -0.15) is 0 Å². The Kier molecular flexibility index (Phi) is 8.85. The number of rotatable bonds is 10. The second-order valence-corrected chi connectivity index (χ2v) is 9.16. The summed E-state index contributed by atoms with van der Waals surface area (Å²) in [6, 6.07) is 13.6. The number of carbonyl (C=O) groups is 2. The minimum atomic E-state index is -0.456. The maximum atomic E-state index is 13.3. The highest BCUT2D eigenvalue weighted by Gasteiger charge is 2.24. The van der Waals surface area contributed by atoms with E-state index in [4.69, 9.17) is 9.47 Å². The summed E-state index contributed by atoms with van der Waals surface area (Å²) in [5.74, 6) is 0.410. The van der Waals surface area contributed by atoms with Gasteiger partial charge in [-0.05, 0) is 55.8 Å². The molecule has 0 bridgehead atoms. The number of carbonyl (C=O) groups excluding carboxylic acids is 2. The zero-order valence-corrected chi connectivity index (χ0v) is 20.3. The highest BCUT2D eigenvalue weighted by molar-refractivity contribution is 7.99. The van der Waals surface area contributed by atoms with Crippen LogP contribution in [0.25, 0.3) is 0 Å². The van der Waals surface area contributed by atoms with E-state index in [-0.39, 0.29) is 31.3 Å². The van der Waals surface area contributed by atoms with Crippen molar-refractivity contribution >= 4 is 40.1 Å². The monoisotopic (exact) mass is 488 g/mol. The molecule has 1 heterocycles. The zero-order valence-electron chi connectivity index (χ0n) is 18.7. The summed E-state index contributed by atoms with van der Waals surface area (Å²) in [6.45, 7) is 3.93. The molecule has 3 rings (SSSR count). The molecule has 0 N–H and O–H groups in total. The van der Waals surface area contributed by atoms with Crippen LogP contribution in [0.1, 0.15) is 34.3 Å². The van der Waals surface area contributed by atoms with E-state index in [1.807, 2.05) is 24.3 Å². The molecule has 1 aromatic heterocycles. The number of amides is 1. The van der Waals surface area contributed by atoms with Gasteiger partial charge in [-0.25, -0.2) is 14.2 Å². The Morgan fingerprint density at radius 2 is 1.82 bits per heavy atom. The number of halogens is 1. The third kappa shape index (κ3) is 6.79. The normalized spacial score (nSPS) is 10.7. The van der Waals surface area contributed by atoms with Crippen LogP contribution >= 0.6 is 23.1 Å². The molecule has 3 aromatic rings. The predicted molar refractivity (Wildman–Crippen MR) is 129 cm³/mol. The summed E-state index contributed by atoms with van der Waals surface area (Å²) in [7, 11) is 1.62. The molecule has 0 saturated carbocycles. The first kappa shape index (κ1) is 24.7. The number of methoxy groups -OCH3 is 1. The lowest BCUT2D eigenvalue weighted by Gasteiger charge is -2.20. The Bertz CT molecular complexity index is 1080. The molecule has 174 valence electrons. The Labute approximate surface area is 200 Å². The number of esters is 1. The van der Waals surface area contributed by atoms with Crippen LogP contribution < -0.4 is 9.64 Å². The Morgan fingerprint density at radius 1 is 1.12 bits per heavy atom. The van der Waals surface area contributed by atoms with Crippen molar-refractivity contribution in [3.05, 3.63) is 70.5 Å². The van der Waals surface area contributed by atoms with E-state index in [2.05, 4.69) is 4.98 Å². The fourth-order valence-corrected chi connectivity index (χ4v) is 4.80. The number of hydrogen-bond acceptors (Lipinski definition) is 7. The van der Waals surface area contributed by atoms with Gasteiger partial charge in [0.2, 0.25) is 5.91 Å². The van der Waals surface area contributed by atoms with Gasteiger partial charge >= 0.3 is 5.97 Å². The van der Waals surface area contributed by atoms with Crippen molar-refractivity contribution in [2.75, 3.05) is 24.4 Å². The first-order chi connectivity index (χ1) is 15.9. The molecule has 0 aliphatic heterocycles. The van der Waals surface area contributed by atoms with E-state index in [0.29, 0.717) is 21.5 Å². The molecule has 0 unspecified atom stereocenters. The first-order valence-corrected chi connectivity index (χ1v) is 12.2. The van der Waals surface area contributed by atoms with Crippen molar-refractivity contribution in [1.29, 1.82) is 0 Å². The van der Waals surface area contributed by atoms with Gasteiger partial charge in [0, 0.05) is 17.1 Å². The van der Waals surface area contributed by atoms with Crippen LogP contribution in [0.15, 0.2) is 53.4 Å². The van der Waals surface area contributed by atoms with Crippen LogP contribution in [-0.4, -0.2) is 36.3 Å². The van der Waals surface area contributed by atoms with Crippen molar-refractivity contribution < 1.29 is 23.5 Å². The number of nitrogens with zero attached hydrogens (tertiary/aromatic N) is 2. The predicted octanol–water partition coefficient (Wildman–Crippen LogP) is 5.49. The van der Waals surface area contributed by atoms with Crippen LogP contribution in [0.4, 0.5) is 9.52 Å².